The molecular formula is C18H22F3N3S. The minimum absolute atomic E-state index is 0.238. The maximum absolute atomic E-state index is 13.6. The van der Waals surface area contributed by atoms with E-state index in [9.17, 15) is 13.2 Å². The summed E-state index contributed by atoms with van der Waals surface area (Å²) in [6.45, 7) is 3.90. The largest absolute Gasteiger partial charge is 0.416 e. The van der Waals surface area contributed by atoms with Crippen LogP contribution in [0.5, 0.6) is 0 Å². The highest BCUT2D eigenvalue weighted by Crippen LogP contribution is 2.34. The maximum atomic E-state index is 13.6. The summed E-state index contributed by atoms with van der Waals surface area (Å²) in [5.41, 5.74) is 1.74. The number of thioether (sulfide) groups is 1. The van der Waals surface area contributed by atoms with E-state index in [1.54, 1.807) is 16.8 Å². The molecule has 0 saturated carbocycles. The van der Waals surface area contributed by atoms with Crippen molar-refractivity contribution in [3.63, 3.8) is 0 Å². The Morgan fingerprint density at radius 2 is 1.92 bits per heavy atom. The number of alkyl halides is 3. The highest BCUT2D eigenvalue weighted by atomic mass is 32.2. The van der Waals surface area contributed by atoms with Crippen molar-refractivity contribution in [2.45, 2.75) is 45.5 Å². The predicted octanol–water partition coefficient (Wildman–Crippen LogP) is 4.49. The lowest BCUT2D eigenvalue weighted by molar-refractivity contribution is -0.138. The van der Waals surface area contributed by atoms with E-state index in [-0.39, 0.29) is 12.1 Å². The van der Waals surface area contributed by atoms with Crippen molar-refractivity contribution < 1.29 is 13.2 Å². The van der Waals surface area contributed by atoms with Crippen LogP contribution in [0.2, 0.25) is 0 Å². The first kappa shape index (κ1) is 18.3. The van der Waals surface area contributed by atoms with Gasteiger partial charge in [-0.05, 0) is 62.0 Å². The number of hydrogen-bond acceptors (Lipinski definition) is 3. The Morgan fingerprint density at radius 1 is 1.20 bits per heavy atom. The molecule has 136 valence electrons. The molecule has 3 rings (SSSR count). The number of rotatable bonds is 4. The summed E-state index contributed by atoms with van der Waals surface area (Å²) in [6, 6.07) is 6.64. The highest BCUT2D eigenvalue weighted by molar-refractivity contribution is 7.99. The highest BCUT2D eigenvalue weighted by Gasteiger charge is 2.34. The van der Waals surface area contributed by atoms with Crippen molar-refractivity contribution in [3.05, 3.63) is 46.8 Å². The first-order valence-electron chi connectivity index (χ1n) is 8.39. The number of aryl methyl sites for hydroxylation is 2. The van der Waals surface area contributed by atoms with Crippen LogP contribution in [0, 0.1) is 13.8 Å². The lowest BCUT2D eigenvalue weighted by atomic mass is 10.0. The average Bonchev–Trinajstić information content (AvgIpc) is 2.91. The second-order valence-electron chi connectivity index (χ2n) is 6.45. The molecule has 3 nitrogen and oxygen atoms in total. The quantitative estimate of drug-likeness (QED) is 0.861. The van der Waals surface area contributed by atoms with Gasteiger partial charge in [0.2, 0.25) is 0 Å². The van der Waals surface area contributed by atoms with Crippen LogP contribution in [0.3, 0.4) is 0 Å². The van der Waals surface area contributed by atoms with Crippen LogP contribution in [-0.2, 0) is 12.7 Å². The smallest absolute Gasteiger partial charge is 0.310 e. The lowest BCUT2D eigenvalue weighted by Crippen LogP contribution is -2.32. The Morgan fingerprint density at radius 3 is 2.52 bits per heavy atom. The van der Waals surface area contributed by atoms with Crippen LogP contribution >= 0.6 is 11.8 Å². The van der Waals surface area contributed by atoms with Gasteiger partial charge >= 0.3 is 6.18 Å². The van der Waals surface area contributed by atoms with E-state index in [2.05, 4.69) is 10.4 Å². The van der Waals surface area contributed by atoms with Crippen molar-refractivity contribution in [1.29, 1.82) is 0 Å². The van der Waals surface area contributed by atoms with Gasteiger partial charge in [0.15, 0.2) is 0 Å². The number of nitrogens with one attached hydrogen (secondary N) is 1. The fourth-order valence-electron chi connectivity index (χ4n) is 3.16. The Labute approximate surface area is 150 Å². The summed E-state index contributed by atoms with van der Waals surface area (Å²) in [6.07, 6.45) is -2.36. The number of benzene rings is 1. The second kappa shape index (κ2) is 7.41. The monoisotopic (exact) mass is 369 g/mol. The van der Waals surface area contributed by atoms with Gasteiger partial charge in [0, 0.05) is 18.3 Å². The van der Waals surface area contributed by atoms with Gasteiger partial charge in [-0.1, -0.05) is 6.07 Å². The molecule has 25 heavy (non-hydrogen) atoms. The molecule has 1 aliphatic heterocycles. The molecule has 0 radical (unpaired) electrons. The molecule has 0 amide bonds. The third kappa shape index (κ3) is 4.39. The van der Waals surface area contributed by atoms with Crippen LogP contribution in [-0.4, -0.2) is 27.3 Å². The minimum atomic E-state index is -4.38. The molecule has 1 N–H and O–H groups in total. The molecule has 0 aliphatic carbocycles. The summed E-state index contributed by atoms with van der Waals surface area (Å²) in [5.74, 6) is 2.14. The van der Waals surface area contributed by atoms with E-state index in [4.69, 9.17) is 0 Å². The van der Waals surface area contributed by atoms with Crippen molar-refractivity contribution in [2.24, 2.45) is 0 Å². The molecule has 1 aromatic carbocycles. The molecule has 2 aromatic rings. The van der Waals surface area contributed by atoms with Crippen LogP contribution in [0.25, 0.3) is 5.69 Å². The number of hydrogen-bond donors (Lipinski definition) is 1. The van der Waals surface area contributed by atoms with Crippen LogP contribution in [0.15, 0.2) is 24.3 Å². The van der Waals surface area contributed by atoms with Gasteiger partial charge in [0.25, 0.3) is 0 Å². The number of aromatic nitrogens is 2. The van der Waals surface area contributed by atoms with Crippen molar-refractivity contribution in [2.75, 3.05) is 11.5 Å². The Balaban J connectivity index is 1.86. The van der Waals surface area contributed by atoms with Crippen molar-refractivity contribution in [3.8, 4) is 5.69 Å². The summed E-state index contributed by atoms with van der Waals surface area (Å²) in [7, 11) is 0. The SMILES string of the molecule is Cc1cc(C)n(-c2ccc(CNC3CCSCC3)c(C(F)(F)F)c2)n1. The summed E-state index contributed by atoms with van der Waals surface area (Å²) < 4.78 is 42.2. The first-order chi connectivity index (χ1) is 11.8. The van der Waals surface area contributed by atoms with Gasteiger partial charge in [-0.15, -0.1) is 0 Å². The normalized spacial score (nSPS) is 16.4. The lowest BCUT2D eigenvalue weighted by Gasteiger charge is -2.23. The molecule has 1 saturated heterocycles. The predicted molar refractivity (Wildman–Crippen MR) is 95.2 cm³/mol. The number of halogens is 3. The molecule has 0 bridgehead atoms. The first-order valence-corrected chi connectivity index (χ1v) is 9.55. The molecule has 0 atom stereocenters. The van der Waals surface area contributed by atoms with Gasteiger partial charge in [0.1, 0.15) is 0 Å². The zero-order valence-corrected chi connectivity index (χ0v) is 15.2. The molecule has 0 spiro atoms. The fraction of sp³-hybridized carbons (Fsp3) is 0.500. The van der Waals surface area contributed by atoms with E-state index >= 15 is 0 Å². The molecule has 2 heterocycles. The Kier molecular flexibility index (Phi) is 5.43. The number of nitrogens with zero attached hydrogens (tertiary/aromatic N) is 2. The van der Waals surface area contributed by atoms with Crippen LogP contribution < -0.4 is 5.32 Å². The molecule has 0 unspecified atom stereocenters. The van der Waals surface area contributed by atoms with E-state index < -0.39 is 11.7 Å². The molecule has 1 fully saturated rings. The second-order valence-corrected chi connectivity index (χ2v) is 7.67. The minimum Gasteiger partial charge on any atom is -0.310 e. The van der Waals surface area contributed by atoms with E-state index in [1.807, 2.05) is 31.7 Å². The Hall–Kier alpha value is -1.47. The molecule has 7 heteroatoms. The van der Waals surface area contributed by atoms with E-state index in [0.29, 0.717) is 11.7 Å². The zero-order valence-electron chi connectivity index (χ0n) is 14.4. The maximum Gasteiger partial charge on any atom is 0.416 e. The molecular weight excluding hydrogens is 347 g/mol. The third-order valence-corrected chi connectivity index (χ3v) is 5.50. The van der Waals surface area contributed by atoms with Gasteiger partial charge in [-0.25, -0.2) is 4.68 Å². The van der Waals surface area contributed by atoms with Crippen LogP contribution in [0.4, 0.5) is 13.2 Å². The average molecular weight is 369 g/mol. The van der Waals surface area contributed by atoms with Gasteiger partial charge in [-0.3, -0.25) is 0 Å². The third-order valence-electron chi connectivity index (χ3n) is 4.46. The summed E-state index contributed by atoms with van der Waals surface area (Å²) in [4.78, 5) is 0. The van der Waals surface area contributed by atoms with Crippen LogP contribution in [0.1, 0.15) is 35.4 Å². The molecule has 1 aliphatic rings. The van der Waals surface area contributed by atoms with Crippen molar-refractivity contribution in [1.82, 2.24) is 15.1 Å². The fourth-order valence-corrected chi connectivity index (χ4v) is 4.27. The summed E-state index contributed by atoms with van der Waals surface area (Å²) >= 11 is 1.90. The van der Waals surface area contributed by atoms with Gasteiger partial charge in [0.05, 0.1) is 16.9 Å². The van der Waals surface area contributed by atoms with E-state index in [0.717, 1.165) is 35.7 Å². The Bertz CT molecular complexity index is 734. The van der Waals surface area contributed by atoms with Crippen molar-refractivity contribution >= 4 is 11.8 Å². The van der Waals surface area contributed by atoms with E-state index in [1.165, 1.54) is 6.07 Å². The van der Waals surface area contributed by atoms with Gasteiger partial charge in [-0.2, -0.15) is 30.0 Å². The standard InChI is InChI=1S/C18H22F3N3S/c1-12-9-13(2)24(23-12)16-4-3-14(17(10-16)18(19,20)21)11-22-15-5-7-25-8-6-15/h3-4,9-10,15,22H,5-8,11H2,1-2H3. The topological polar surface area (TPSA) is 29.9 Å². The van der Waals surface area contributed by atoms with Gasteiger partial charge < -0.3 is 5.32 Å². The molecule has 1 aromatic heterocycles. The summed E-state index contributed by atoms with van der Waals surface area (Å²) in [5, 5.41) is 7.57. The zero-order chi connectivity index (χ0) is 18.0.